The van der Waals surface area contributed by atoms with Crippen LogP contribution < -0.4 is 5.43 Å². The number of nitrogens with one attached hydrogen (secondary N) is 1. The molecule has 0 saturated carbocycles. The van der Waals surface area contributed by atoms with Gasteiger partial charge in [0.15, 0.2) is 0 Å². The molecule has 8 heteroatoms. The first-order valence-electron chi connectivity index (χ1n) is 13.0. The number of anilines is 1. The molecule has 0 bridgehead atoms. The van der Waals surface area contributed by atoms with Crippen LogP contribution in [-0.4, -0.2) is 37.0 Å². The van der Waals surface area contributed by atoms with E-state index < -0.39 is 10.0 Å². The SMILES string of the molecule is CCc1ccc(C=NNc2nc(-c3ccc(S(=O)(=O)N4CCC(Cc5ccccc5)CC4)cc3)cs2)cc1. The molecule has 1 fully saturated rings. The van der Waals surface area contributed by atoms with Gasteiger partial charge in [0.05, 0.1) is 16.8 Å². The number of aryl methyl sites for hydroxylation is 1. The minimum atomic E-state index is -3.51. The van der Waals surface area contributed by atoms with Crippen LogP contribution in [0.1, 0.15) is 36.5 Å². The van der Waals surface area contributed by atoms with Crippen molar-refractivity contribution in [1.29, 1.82) is 0 Å². The maximum Gasteiger partial charge on any atom is 0.243 e. The Morgan fingerprint density at radius 3 is 2.37 bits per heavy atom. The molecule has 1 saturated heterocycles. The van der Waals surface area contributed by atoms with Gasteiger partial charge < -0.3 is 0 Å². The molecule has 0 spiro atoms. The number of benzene rings is 3. The van der Waals surface area contributed by atoms with E-state index in [4.69, 9.17) is 0 Å². The smallest absolute Gasteiger partial charge is 0.243 e. The van der Waals surface area contributed by atoms with Crippen LogP contribution >= 0.6 is 11.3 Å². The fraction of sp³-hybridized carbons (Fsp3) is 0.267. The van der Waals surface area contributed by atoms with Gasteiger partial charge in [0.25, 0.3) is 0 Å². The van der Waals surface area contributed by atoms with Crippen molar-refractivity contribution < 1.29 is 8.42 Å². The Morgan fingerprint density at radius 2 is 1.68 bits per heavy atom. The van der Waals surface area contributed by atoms with E-state index in [9.17, 15) is 8.42 Å². The second-order valence-electron chi connectivity index (χ2n) is 9.56. The summed E-state index contributed by atoms with van der Waals surface area (Å²) in [6, 6.07) is 25.7. The van der Waals surface area contributed by atoms with Crippen LogP contribution in [0.5, 0.6) is 0 Å². The summed E-state index contributed by atoms with van der Waals surface area (Å²) >= 11 is 1.46. The number of aromatic nitrogens is 1. The highest BCUT2D eigenvalue weighted by Crippen LogP contribution is 2.29. The van der Waals surface area contributed by atoms with Gasteiger partial charge in [0.2, 0.25) is 15.2 Å². The topological polar surface area (TPSA) is 74.7 Å². The molecular formula is C30H32N4O2S2. The van der Waals surface area contributed by atoms with Gasteiger partial charge in [-0.3, -0.25) is 5.43 Å². The van der Waals surface area contributed by atoms with E-state index in [2.05, 4.69) is 58.8 Å². The largest absolute Gasteiger partial charge is 0.253 e. The van der Waals surface area contributed by atoms with E-state index in [0.717, 1.165) is 42.5 Å². The first-order valence-corrected chi connectivity index (χ1v) is 15.3. The third kappa shape index (κ3) is 6.38. The monoisotopic (exact) mass is 544 g/mol. The van der Waals surface area contributed by atoms with Crippen molar-refractivity contribution in [2.45, 2.75) is 37.5 Å². The van der Waals surface area contributed by atoms with Crippen LogP contribution in [0, 0.1) is 5.92 Å². The predicted octanol–water partition coefficient (Wildman–Crippen LogP) is 6.46. The molecule has 2 heterocycles. The van der Waals surface area contributed by atoms with Gasteiger partial charge in [-0.05, 0) is 60.4 Å². The van der Waals surface area contributed by atoms with Gasteiger partial charge >= 0.3 is 0 Å². The Labute approximate surface area is 229 Å². The average molecular weight is 545 g/mol. The molecule has 3 aromatic carbocycles. The maximum absolute atomic E-state index is 13.3. The third-order valence-electron chi connectivity index (χ3n) is 6.99. The molecular weight excluding hydrogens is 512 g/mol. The van der Waals surface area contributed by atoms with E-state index >= 15 is 0 Å². The lowest BCUT2D eigenvalue weighted by Crippen LogP contribution is -2.38. The highest BCUT2D eigenvalue weighted by Gasteiger charge is 2.29. The lowest BCUT2D eigenvalue weighted by atomic mass is 9.91. The summed E-state index contributed by atoms with van der Waals surface area (Å²) in [7, 11) is -3.51. The molecule has 1 aliphatic rings. The minimum Gasteiger partial charge on any atom is -0.253 e. The van der Waals surface area contributed by atoms with Crippen molar-refractivity contribution in [2.75, 3.05) is 18.5 Å². The summed E-state index contributed by atoms with van der Waals surface area (Å²) in [5, 5.41) is 6.91. The molecule has 38 heavy (non-hydrogen) atoms. The van der Waals surface area contributed by atoms with Gasteiger partial charge in [-0.25, -0.2) is 13.4 Å². The van der Waals surface area contributed by atoms with Crippen LogP contribution in [0.3, 0.4) is 0 Å². The third-order valence-corrected chi connectivity index (χ3v) is 9.65. The van der Waals surface area contributed by atoms with E-state index in [1.807, 2.05) is 35.7 Å². The summed E-state index contributed by atoms with van der Waals surface area (Å²) in [5.41, 5.74) is 8.26. The molecule has 1 aromatic heterocycles. The van der Waals surface area contributed by atoms with E-state index in [1.165, 1.54) is 22.5 Å². The number of hydrogen-bond acceptors (Lipinski definition) is 6. The summed E-state index contributed by atoms with van der Waals surface area (Å²) in [6.45, 7) is 3.26. The molecule has 0 amide bonds. The molecule has 4 aromatic rings. The number of rotatable bonds is 9. The fourth-order valence-corrected chi connectivity index (χ4v) is 6.85. The highest BCUT2D eigenvalue weighted by atomic mass is 32.2. The Hall–Kier alpha value is -3.33. The Balaban J connectivity index is 1.17. The summed E-state index contributed by atoms with van der Waals surface area (Å²) in [4.78, 5) is 4.93. The van der Waals surface area contributed by atoms with Crippen LogP contribution in [0.2, 0.25) is 0 Å². The maximum atomic E-state index is 13.3. The quantitative estimate of drug-likeness (QED) is 0.194. The van der Waals surface area contributed by atoms with Crippen molar-refractivity contribution in [3.8, 4) is 11.3 Å². The van der Waals surface area contributed by atoms with Crippen molar-refractivity contribution in [1.82, 2.24) is 9.29 Å². The first kappa shape index (κ1) is 26.3. The second kappa shape index (κ2) is 12.0. The minimum absolute atomic E-state index is 0.329. The Bertz CT molecular complexity index is 1460. The number of hydrazone groups is 1. The number of thiazole rings is 1. The lowest BCUT2D eigenvalue weighted by Gasteiger charge is -2.31. The van der Waals surface area contributed by atoms with E-state index in [1.54, 1.807) is 22.7 Å². The Morgan fingerprint density at radius 1 is 0.974 bits per heavy atom. The molecule has 0 atom stereocenters. The molecule has 196 valence electrons. The molecule has 0 unspecified atom stereocenters. The number of hydrogen-bond donors (Lipinski definition) is 1. The molecule has 5 rings (SSSR count). The van der Waals surface area contributed by atoms with E-state index in [0.29, 0.717) is 29.0 Å². The van der Waals surface area contributed by atoms with Gasteiger partial charge in [-0.15, -0.1) is 11.3 Å². The van der Waals surface area contributed by atoms with Crippen LogP contribution in [0.15, 0.2) is 94.2 Å². The molecule has 1 N–H and O–H groups in total. The molecule has 6 nitrogen and oxygen atoms in total. The average Bonchev–Trinajstić information content (AvgIpc) is 3.43. The van der Waals surface area contributed by atoms with Gasteiger partial charge in [-0.1, -0.05) is 73.7 Å². The number of sulfonamides is 1. The van der Waals surface area contributed by atoms with Crippen molar-refractivity contribution in [2.24, 2.45) is 11.0 Å². The molecule has 0 aliphatic carbocycles. The Kier molecular flexibility index (Phi) is 8.32. The normalized spacial score (nSPS) is 15.2. The zero-order chi connectivity index (χ0) is 26.4. The summed E-state index contributed by atoms with van der Waals surface area (Å²) < 4.78 is 28.2. The zero-order valence-corrected chi connectivity index (χ0v) is 23.1. The van der Waals surface area contributed by atoms with Gasteiger partial charge in [-0.2, -0.15) is 9.41 Å². The van der Waals surface area contributed by atoms with Crippen molar-refractivity contribution in [3.63, 3.8) is 0 Å². The second-order valence-corrected chi connectivity index (χ2v) is 12.4. The first-order chi connectivity index (χ1) is 18.5. The van der Waals surface area contributed by atoms with E-state index in [-0.39, 0.29) is 0 Å². The fourth-order valence-electron chi connectivity index (χ4n) is 4.71. The predicted molar refractivity (Wildman–Crippen MR) is 156 cm³/mol. The zero-order valence-electron chi connectivity index (χ0n) is 21.5. The van der Waals surface area contributed by atoms with Gasteiger partial charge in [0, 0.05) is 24.0 Å². The lowest BCUT2D eigenvalue weighted by molar-refractivity contribution is 0.273. The van der Waals surface area contributed by atoms with Crippen molar-refractivity contribution >= 4 is 32.7 Å². The van der Waals surface area contributed by atoms with Crippen molar-refractivity contribution in [3.05, 3.63) is 101 Å². The summed E-state index contributed by atoms with van der Waals surface area (Å²) in [5.74, 6) is 0.518. The van der Waals surface area contributed by atoms with Gasteiger partial charge in [0.1, 0.15) is 0 Å². The van der Waals surface area contributed by atoms with Crippen LogP contribution in [0.25, 0.3) is 11.3 Å². The summed E-state index contributed by atoms with van der Waals surface area (Å²) in [6.07, 6.45) is 5.55. The van der Waals surface area contributed by atoms with Crippen LogP contribution in [0.4, 0.5) is 5.13 Å². The molecule has 1 aliphatic heterocycles. The number of piperidine rings is 1. The standard InChI is InChI=1S/C30H32N4O2S2/c1-2-23-8-10-26(11-9-23)21-31-33-30-32-29(22-37-30)27-12-14-28(15-13-27)38(35,36)34-18-16-25(17-19-34)20-24-6-4-3-5-7-24/h3-15,21-22,25H,2,16-20H2,1H3,(H,32,33). The number of nitrogens with zero attached hydrogens (tertiary/aromatic N) is 3. The highest BCUT2D eigenvalue weighted by molar-refractivity contribution is 7.89. The molecule has 0 radical (unpaired) electrons. The van der Waals surface area contributed by atoms with Crippen LogP contribution in [-0.2, 0) is 22.9 Å².